The first-order valence-corrected chi connectivity index (χ1v) is 10.1. The van der Waals surface area contributed by atoms with E-state index in [-0.39, 0.29) is 12.0 Å². The lowest BCUT2D eigenvalue weighted by molar-refractivity contribution is 0.0506. The van der Waals surface area contributed by atoms with Gasteiger partial charge in [-0.2, -0.15) is 0 Å². The van der Waals surface area contributed by atoms with E-state index >= 15 is 0 Å². The molecule has 2 aliphatic rings. The summed E-state index contributed by atoms with van der Waals surface area (Å²) in [6.45, 7) is 3.92. The molecule has 1 aromatic carbocycles. The molecule has 0 heterocycles. The van der Waals surface area contributed by atoms with Gasteiger partial charge in [0.2, 0.25) is 0 Å². The molecule has 1 unspecified atom stereocenters. The van der Waals surface area contributed by atoms with E-state index in [0.717, 1.165) is 38.0 Å². The summed E-state index contributed by atoms with van der Waals surface area (Å²) in [6, 6.07) is 3.43. The highest BCUT2D eigenvalue weighted by Gasteiger charge is 2.31. The Balaban J connectivity index is 1.52. The topological polar surface area (TPSA) is 20.2 Å². The van der Waals surface area contributed by atoms with Crippen molar-refractivity contribution in [2.75, 3.05) is 0 Å². The molecule has 1 N–H and O–H groups in total. The second-order valence-electron chi connectivity index (χ2n) is 8.64. The van der Waals surface area contributed by atoms with E-state index in [2.05, 4.69) is 6.92 Å². The molecular formula is C22H32F2O. The molecular weight excluding hydrogens is 318 g/mol. The van der Waals surface area contributed by atoms with E-state index < -0.39 is 11.6 Å². The Hall–Kier alpha value is -0.960. The van der Waals surface area contributed by atoms with Crippen molar-refractivity contribution < 1.29 is 13.9 Å². The molecule has 140 valence electrons. The predicted molar refractivity (Wildman–Crippen MR) is 97.5 cm³/mol. The van der Waals surface area contributed by atoms with Crippen molar-refractivity contribution in [3.05, 3.63) is 34.9 Å². The van der Waals surface area contributed by atoms with Gasteiger partial charge >= 0.3 is 0 Å². The van der Waals surface area contributed by atoms with E-state index in [1.54, 1.807) is 19.1 Å². The molecule has 2 saturated carbocycles. The average molecular weight is 350 g/mol. The van der Waals surface area contributed by atoms with Crippen molar-refractivity contribution in [2.24, 2.45) is 17.8 Å². The van der Waals surface area contributed by atoms with Crippen LogP contribution in [-0.2, 0) is 0 Å². The quantitative estimate of drug-likeness (QED) is 0.693. The van der Waals surface area contributed by atoms with Crippen LogP contribution in [0.25, 0.3) is 0 Å². The highest BCUT2D eigenvalue weighted by atomic mass is 19.2. The lowest BCUT2D eigenvalue weighted by atomic mass is 9.73. The molecule has 0 radical (unpaired) electrons. The van der Waals surface area contributed by atoms with Crippen LogP contribution in [0.15, 0.2) is 12.1 Å². The largest absolute Gasteiger partial charge is 0.393 e. The van der Waals surface area contributed by atoms with Crippen LogP contribution in [0.3, 0.4) is 0 Å². The molecule has 0 saturated heterocycles. The van der Waals surface area contributed by atoms with Crippen molar-refractivity contribution in [2.45, 2.75) is 83.7 Å². The number of aryl methyl sites for hydroxylation is 1. The summed E-state index contributed by atoms with van der Waals surface area (Å²) in [6.07, 6.45) is 9.34. The fourth-order valence-corrected chi connectivity index (χ4v) is 4.89. The molecule has 1 nitrogen and oxygen atoms in total. The normalized spacial score (nSPS) is 31.7. The fraction of sp³-hybridized carbons (Fsp3) is 0.727. The Bertz CT molecular complexity index is 570. The molecule has 1 aromatic rings. The van der Waals surface area contributed by atoms with Gasteiger partial charge in [0.1, 0.15) is 0 Å². The highest BCUT2D eigenvalue weighted by molar-refractivity contribution is 5.28. The van der Waals surface area contributed by atoms with Crippen molar-refractivity contribution in [1.29, 1.82) is 0 Å². The van der Waals surface area contributed by atoms with E-state index in [0.29, 0.717) is 23.0 Å². The SMILES string of the molecule is Cc1ccc(C2CCC(C(O)CC3CCC(C)CC3)CC2)c(F)c1F. The second kappa shape index (κ2) is 8.16. The number of benzene rings is 1. The van der Waals surface area contributed by atoms with Gasteiger partial charge in [-0.3, -0.25) is 0 Å². The van der Waals surface area contributed by atoms with Gasteiger partial charge in [0.15, 0.2) is 11.6 Å². The van der Waals surface area contributed by atoms with Gasteiger partial charge in [-0.1, -0.05) is 44.7 Å². The highest BCUT2D eigenvalue weighted by Crippen LogP contribution is 2.41. The van der Waals surface area contributed by atoms with Crippen LogP contribution >= 0.6 is 0 Å². The monoisotopic (exact) mass is 350 g/mol. The number of hydrogen-bond donors (Lipinski definition) is 1. The van der Waals surface area contributed by atoms with Crippen LogP contribution < -0.4 is 0 Å². The minimum Gasteiger partial charge on any atom is -0.393 e. The summed E-state index contributed by atoms with van der Waals surface area (Å²) in [7, 11) is 0. The smallest absolute Gasteiger partial charge is 0.162 e. The van der Waals surface area contributed by atoms with Crippen LogP contribution in [0.5, 0.6) is 0 Å². The van der Waals surface area contributed by atoms with Crippen molar-refractivity contribution in [1.82, 2.24) is 0 Å². The Kier molecular flexibility index (Phi) is 6.14. The molecule has 3 rings (SSSR count). The van der Waals surface area contributed by atoms with E-state index in [9.17, 15) is 13.9 Å². The van der Waals surface area contributed by atoms with Crippen molar-refractivity contribution in [3.8, 4) is 0 Å². The summed E-state index contributed by atoms with van der Waals surface area (Å²) >= 11 is 0. The van der Waals surface area contributed by atoms with Gasteiger partial charge in [0.25, 0.3) is 0 Å². The van der Waals surface area contributed by atoms with Gasteiger partial charge in [0.05, 0.1) is 6.10 Å². The summed E-state index contributed by atoms with van der Waals surface area (Å²) in [5, 5.41) is 10.6. The first-order valence-electron chi connectivity index (χ1n) is 10.1. The average Bonchev–Trinajstić information content (AvgIpc) is 2.62. The number of rotatable bonds is 4. The number of halogens is 2. The first kappa shape index (κ1) is 18.8. The zero-order valence-corrected chi connectivity index (χ0v) is 15.6. The lowest BCUT2D eigenvalue weighted by Crippen LogP contribution is -2.28. The Morgan fingerprint density at radius 2 is 1.60 bits per heavy atom. The van der Waals surface area contributed by atoms with E-state index in [1.165, 1.54) is 25.7 Å². The maximum atomic E-state index is 14.2. The minimum atomic E-state index is -0.703. The van der Waals surface area contributed by atoms with Crippen LogP contribution in [-0.4, -0.2) is 11.2 Å². The third kappa shape index (κ3) is 4.42. The second-order valence-corrected chi connectivity index (χ2v) is 8.64. The summed E-state index contributed by atoms with van der Waals surface area (Å²) in [5.74, 6) is 0.566. The molecule has 0 spiro atoms. The molecule has 2 aliphatic carbocycles. The van der Waals surface area contributed by atoms with Crippen molar-refractivity contribution in [3.63, 3.8) is 0 Å². The Labute approximate surface area is 150 Å². The number of aliphatic hydroxyl groups excluding tert-OH is 1. The van der Waals surface area contributed by atoms with Crippen LogP contribution in [0, 0.1) is 36.3 Å². The maximum Gasteiger partial charge on any atom is 0.162 e. The van der Waals surface area contributed by atoms with Gasteiger partial charge in [-0.25, -0.2) is 8.78 Å². The molecule has 3 heteroatoms. The molecule has 0 aromatic heterocycles. The molecule has 1 atom stereocenters. The van der Waals surface area contributed by atoms with Crippen molar-refractivity contribution >= 4 is 0 Å². The van der Waals surface area contributed by atoms with Crippen LogP contribution in [0.2, 0.25) is 0 Å². The zero-order chi connectivity index (χ0) is 18.0. The van der Waals surface area contributed by atoms with E-state index in [4.69, 9.17) is 0 Å². The molecule has 0 amide bonds. The van der Waals surface area contributed by atoms with E-state index in [1.807, 2.05) is 0 Å². The number of hydrogen-bond acceptors (Lipinski definition) is 1. The summed E-state index contributed by atoms with van der Waals surface area (Å²) < 4.78 is 28.0. The van der Waals surface area contributed by atoms with Gasteiger partial charge in [-0.05, 0) is 73.8 Å². The third-order valence-corrected chi connectivity index (χ3v) is 6.77. The molecule has 25 heavy (non-hydrogen) atoms. The Morgan fingerprint density at radius 3 is 2.24 bits per heavy atom. The van der Waals surface area contributed by atoms with Crippen LogP contribution in [0.1, 0.15) is 81.8 Å². The van der Waals surface area contributed by atoms with Gasteiger partial charge in [-0.15, -0.1) is 0 Å². The molecule has 0 bridgehead atoms. The first-order chi connectivity index (χ1) is 12.0. The standard InChI is InChI=1S/C22H32F2O/c1-14-3-6-16(7-4-14)13-20(25)18-10-8-17(9-11-18)19-12-5-15(2)21(23)22(19)24/h5,12,14,16-18,20,25H,3-4,6-11,13H2,1-2H3. The van der Waals surface area contributed by atoms with Gasteiger partial charge < -0.3 is 5.11 Å². The summed E-state index contributed by atoms with van der Waals surface area (Å²) in [4.78, 5) is 0. The third-order valence-electron chi connectivity index (χ3n) is 6.77. The lowest BCUT2D eigenvalue weighted by Gasteiger charge is -2.34. The fourth-order valence-electron chi connectivity index (χ4n) is 4.89. The Morgan fingerprint density at radius 1 is 0.960 bits per heavy atom. The predicted octanol–water partition coefficient (Wildman–Crippen LogP) is 6.12. The van der Waals surface area contributed by atoms with Gasteiger partial charge in [0, 0.05) is 0 Å². The maximum absolute atomic E-state index is 14.2. The molecule has 0 aliphatic heterocycles. The molecule has 2 fully saturated rings. The summed E-state index contributed by atoms with van der Waals surface area (Å²) in [5.41, 5.74) is 0.893. The minimum absolute atomic E-state index is 0.0917. The number of aliphatic hydroxyl groups is 1. The zero-order valence-electron chi connectivity index (χ0n) is 15.6. The van der Waals surface area contributed by atoms with Crippen LogP contribution in [0.4, 0.5) is 8.78 Å².